The molecule has 0 aromatic carbocycles. The molecule has 0 aliphatic rings. The van der Waals surface area contributed by atoms with Crippen LogP contribution in [0.2, 0.25) is 0 Å². The van der Waals surface area contributed by atoms with Gasteiger partial charge >= 0.3 is 6.01 Å². The Morgan fingerprint density at radius 1 is 1.58 bits per heavy atom. The molecule has 0 fully saturated rings. The highest BCUT2D eigenvalue weighted by Crippen LogP contribution is 2.07. The van der Waals surface area contributed by atoms with Gasteiger partial charge in [-0.3, -0.25) is 0 Å². The molecule has 0 aliphatic carbocycles. The van der Waals surface area contributed by atoms with E-state index in [0.29, 0.717) is 6.01 Å². The van der Waals surface area contributed by atoms with Crippen LogP contribution in [0.25, 0.3) is 0 Å². The van der Waals surface area contributed by atoms with Crippen molar-refractivity contribution in [3.63, 3.8) is 0 Å². The highest BCUT2D eigenvalue weighted by atomic mass is 16.5. The van der Waals surface area contributed by atoms with Crippen molar-refractivity contribution in [1.29, 1.82) is 0 Å². The summed E-state index contributed by atoms with van der Waals surface area (Å²) in [6.07, 6.45) is 1.76. The summed E-state index contributed by atoms with van der Waals surface area (Å²) in [5, 5.41) is 3.03. The van der Waals surface area contributed by atoms with Crippen LogP contribution in [0.15, 0.2) is 6.20 Å². The number of rotatable bonds is 3. The summed E-state index contributed by atoms with van der Waals surface area (Å²) in [6, 6.07) is 0.422. The van der Waals surface area contributed by atoms with Gasteiger partial charge in [-0.05, 0) is 19.5 Å². The maximum absolute atomic E-state index is 4.91. The van der Waals surface area contributed by atoms with E-state index in [1.54, 1.807) is 13.3 Å². The van der Waals surface area contributed by atoms with E-state index in [1.165, 1.54) is 0 Å². The third kappa shape index (κ3) is 1.92. The Hall–Kier alpha value is -1.16. The van der Waals surface area contributed by atoms with E-state index in [2.05, 4.69) is 15.3 Å². The molecule has 0 atom stereocenters. The third-order valence-corrected chi connectivity index (χ3v) is 1.58. The highest BCUT2D eigenvalue weighted by molar-refractivity contribution is 5.17. The zero-order chi connectivity index (χ0) is 8.97. The summed E-state index contributed by atoms with van der Waals surface area (Å²) in [5.41, 5.74) is 2.05. The number of nitrogens with zero attached hydrogens (tertiary/aromatic N) is 2. The number of hydrogen-bond acceptors (Lipinski definition) is 4. The van der Waals surface area contributed by atoms with Crippen LogP contribution in [-0.2, 0) is 6.54 Å². The fraction of sp³-hybridized carbons (Fsp3) is 0.500. The molecule has 12 heavy (non-hydrogen) atoms. The van der Waals surface area contributed by atoms with Gasteiger partial charge in [0.25, 0.3) is 0 Å². The summed E-state index contributed by atoms with van der Waals surface area (Å²) >= 11 is 0. The second kappa shape index (κ2) is 4.01. The lowest BCUT2D eigenvalue weighted by atomic mass is 10.2. The van der Waals surface area contributed by atoms with Crippen LogP contribution in [0.1, 0.15) is 11.3 Å². The minimum absolute atomic E-state index is 0.422. The number of methoxy groups -OCH3 is 1. The Morgan fingerprint density at radius 2 is 2.33 bits per heavy atom. The minimum atomic E-state index is 0.422. The Kier molecular flexibility index (Phi) is 2.99. The van der Waals surface area contributed by atoms with Gasteiger partial charge in [-0.1, -0.05) is 0 Å². The Balaban J connectivity index is 2.91. The zero-order valence-corrected chi connectivity index (χ0v) is 7.59. The molecule has 0 saturated heterocycles. The van der Waals surface area contributed by atoms with Crippen molar-refractivity contribution in [2.75, 3.05) is 14.2 Å². The van der Waals surface area contributed by atoms with E-state index in [9.17, 15) is 0 Å². The first-order valence-corrected chi connectivity index (χ1v) is 3.79. The van der Waals surface area contributed by atoms with Crippen LogP contribution in [0.5, 0.6) is 6.01 Å². The van der Waals surface area contributed by atoms with E-state index in [0.717, 1.165) is 17.8 Å². The van der Waals surface area contributed by atoms with Crippen LogP contribution < -0.4 is 10.1 Å². The van der Waals surface area contributed by atoms with Gasteiger partial charge in [0.2, 0.25) is 0 Å². The minimum Gasteiger partial charge on any atom is -0.467 e. The molecule has 0 amide bonds. The fourth-order valence-electron chi connectivity index (χ4n) is 0.904. The average molecular weight is 167 g/mol. The summed E-state index contributed by atoms with van der Waals surface area (Å²) in [4.78, 5) is 8.16. The quantitative estimate of drug-likeness (QED) is 0.712. The van der Waals surface area contributed by atoms with Gasteiger partial charge in [0.1, 0.15) is 0 Å². The molecule has 0 saturated carbocycles. The average Bonchev–Trinajstić information content (AvgIpc) is 2.09. The van der Waals surface area contributed by atoms with Crippen LogP contribution in [-0.4, -0.2) is 24.1 Å². The smallest absolute Gasteiger partial charge is 0.316 e. The summed E-state index contributed by atoms with van der Waals surface area (Å²) in [6.45, 7) is 2.72. The normalized spacial score (nSPS) is 9.92. The molecular weight excluding hydrogens is 154 g/mol. The van der Waals surface area contributed by atoms with Gasteiger partial charge in [-0.2, -0.15) is 4.98 Å². The lowest BCUT2D eigenvalue weighted by molar-refractivity contribution is 0.377. The Labute approximate surface area is 72.0 Å². The first kappa shape index (κ1) is 8.93. The molecule has 4 nitrogen and oxygen atoms in total. The highest BCUT2D eigenvalue weighted by Gasteiger charge is 2.01. The molecule has 1 aromatic rings. The molecule has 1 rings (SSSR count). The second-order valence-electron chi connectivity index (χ2n) is 2.52. The molecule has 0 radical (unpaired) electrons. The monoisotopic (exact) mass is 167 g/mol. The van der Waals surface area contributed by atoms with Gasteiger partial charge in [0.15, 0.2) is 0 Å². The predicted molar refractivity (Wildman–Crippen MR) is 46.1 cm³/mol. The van der Waals surface area contributed by atoms with Crippen molar-refractivity contribution < 1.29 is 4.74 Å². The largest absolute Gasteiger partial charge is 0.467 e. The van der Waals surface area contributed by atoms with Crippen LogP contribution >= 0.6 is 0 Å². The lowest BCUT2D eigenvalue weighted by Crippen LogP contribution is -2.09. The molecule has 0 aliphatic heterocycles. The van der Waals surface area contributed by atoms with Crippen LogP contribution in [0, 0.1) is 6.92 Å². The van der Waals surface area contributed by atoms with Crippen molar-refractivity contribution in [3.8, 4) is 6.01 Å². The molecule has 4 heteroatoms. The van der Waals surface area contributed by atoms with E-state index >= 15 is 0 Å². The first-order chi connectivity index (χ1) is 5.77. The lowest BCUT2D eigenvalue weighted by Gasteiger charge is -2.04. The number of ether oxygens (including phenoxy) is 1. The number of aryl methyl sites for hydroxylation is 1. The fourth-order valence-corrected chi connectivity index (χ4v) is 0.904. The maximum Gasteiger partial charge on any atom is 0.316 e. The number of hydrogen-bond donors (Lipinski definition) is 1. The van der Waals surface area contributed by atoms with Crippen molar-refractivity contribution in [2.24, 2.45) is 0 Å². The topological polar surface area (TPSA) is 47.0 Å². The van der Waals surface area contributed by atoms with E-state index < -0.39 is 0 Å². The predicted octanol–water partition coefficient (Wildman–Crippen LogP) is 0.513. The number of nitrogens with one attached hydrogen (secondary N) is 1. The van der Waals surface area contributed by atoms with Gasteiger partial charge < -0.3 is 10.1 Å². The second-order valence-corrected chi connectivity index (χ2v) is 2.52. The summed E-state index contributed by atoms with van der Waals surface area (Å²) < 4.78 is 4.91. The van der Waals surface area contributed by atoms with Gasteiger partial charge in [0.05, 0.1) is 12.8 Å². The number of aromatic nitrogens is 2. The third-order valence-electron chi connectivity index (χ3n) is 1.58. The van der Waals surface area contributed by atoms with Crippen LogP contribution in [0.3, 0.4) is 0 Å². The SMILES string of the molecule is CNCc1nc(OC)ncc1C. The molecule has 0 unspecified atom stereocenters. The van der Waals surface area contributed by atoms with E-state index in [-0.39, 0.29) is 0 Å². The van der Waals surface area contributed by atoms with Crippen molar-refractivity contribution >= 4 is 0 Å². The van der Waals surface area contributed by atoms with E-state index in [1.807, 2.05) is 14.0 Å². The zero-order valence-electron chi connectivity index (χ0n) is 7.59. The maximum atomic E-state index is 4.91. The van der Waals surface area contributed by atoms with Crippen molar-refractivity contribution in [2.45, 2.75) is 13.5 Å². The van der Waals surface area contributed by atoms with Crippen LogP contribution in [0.4, 0.5) is 0 Å². The molecule has 0 bridgehead atoms. The summed E-state index contributed by atoms with van der Waals surface area (Å²) in [7, 11) is 3.45. The van der Waals surface area contributed by atoms with E-state index in [4.69, 9.17) is 4.74 Å². The van der Waals surface area contributed by atoms with Gasteiger partial charge in [0, 0.05) is 12.7 Å². The summed E-state index contributed by atoms with van der Waals surface area (Å²) in [5.74, 6) is 0. The van der Waals surface area contributed by atoms with Crippen molar-refractivity contribution in [3.05, 3.63) is 17.5 Å². The van der Waals surface area contributed by atoms with Crippen molar-refractivity contribution in [1.82, 2.24) is 15.3 Å². The molecule has 1 heterocycles. The molecular formula is C8H13N3O. The Morgan fingerprint density at radius 3 is 2.92 bits per heavy atom. The Bertz CT molecular complexity index is 262. The first-order valence-electron chi connectivity index (χ1n) is 3.79. The molecule has 66 valence electrons. The molecule has 1 aromatic heterocycles. The van der Waals surface area contributed by atoms with Gasteiger partial charge in [-0.25, -0.2) is 4.98 Å². The van der Waals surface area contributed by atoms with Gasteiger partial charge in [-0.15, -0.1) is 0 Å². The molecule has 0 spiro atoms. The standard InChI is InChI=1S/C8H13N3O/c1-6-4-10-8(12-3)11-7(6)5-9-2/h4,9H,5H2,1-3H3. The molecule has 1 N–H and O–H groups in total.